The Morgan fingerprint density at radius 2 is 1.75 bits per heavy atom. The molecule has 0 atom stereocenters. The number of nitrogens with zero attached hydrogens (tertiary/aromatic N) is 2. The second-order valence-electron chi connectivity index (χ2n) is 4.82. The van der Waals surface area contributed by atoms with Crippen LogP contribution < -0.4 is 0 Å². The van der Waals surface area contributed by atoms with Gasteiger partial charge in [-0.05, 0) is 25.3 Å². The molecular formula is C15H18N2O3. The molecule has 5 nitrogen and oxygen atoms in total. The highest BCUT2D eigenvalue weighted by atomic mass is 16.4. The zero-order valence-corrected chi connectivity index (χ0v) is 11.5. The molecule has 106 valence electrons. The van der Waals surface area contributed by atoms with Gasteiger partial charge < -0.3 is 9.52 Å². The number of aromatic nitrogens is 2. The maximum atomic E-state index is 10.4. The first-order chi connectivity index (χ1) is 9.63. The molecule has 1 N–H and O–H groups in total. The third-order valence-corrected chi connectivity index (χ3v) is 3.04. The van der Waals surface area contributed by atoms with E-state index in [-0.39, 0.29) is 6.42 Å². The zero-order valence-electron chi connectivity index (χ0n) is 11.5. The van der Waals surface area contributed by atoms with Crippen LogP contribution in [0.25, 0.3) is 0 Å². The van der Waals surface area contributed by atoms with Crippen molar-refractivity contribution in [3.63, 3.8) is 0 Å². The van der Waals surface area contributed by atoms with E-state index in [2.05, 4.69) is 41.4 Å². The van der Waals surface area contributed by atoms with E-state index in [0.717, 1.165) is 6.42 Å². The lowest BCUT2D eigenvalue weighted by atomic mass is 10.1. The van der Waals surface area contributed by atoms with E-state index in [1.165, 1.54) is 11.1 Å². The van der Waals surface area contributed by atoms with Gasteiger partial charge in [0.1, 0.15) is 0 Å². The highest BCUT2D eigenvalue weighted by Gasteiger charge is 2.07. The van der Waals surface area contributed by atoms with Gasteiger partial charge in [-0.1, -0.05) is 29.8 Å². The summed E-state index contributed by atoms with van der Waals surface area (Å²) in [7, 11) is 0. The predicted octanol–water partition coefficient (Wildman–Crippen LogP) is 2.57. The quantitative estimate of drug-likeness (QED) is 0.839. The Morgan fingerprint density at radius 1 is 1.10 bits per heavy atom. The second-order valence-corrected chi connectivity index (χ2v) is 4.82. The van der Waals surface area contributed by atoms with E-state index >= 15 is 0 Å². The van der Waals surface area contributed by atoms with Gasteiger partial charge in [0.25, 0.3) is 0 Å². The van der Waals surface area contributed by atoms with Gasteiger partial charge in [-0.2, -0.15) is 0 Å². The number of aliphatic carboxylic acids is 1. The highest BCUT2D eigenvalue weighted by molar-refractivity contribution is 5.66. The monoisotopic (exact) mass is 274 g/mol. The Hall–Kier alpha value is -2.17. The fourth-order valence-electron chi connectivity index (χ4n) is 1.89. The molecule has 0 unspecified atom stereocenters. The summed E-state index contributed by atoms with van der Waals surface area (Å²) in [4.78, 5) is 10.4. The number of hydrogen-bond acceptors (Lipinski definition) is 4. The molecule has 0 bridgehead atoms. The molecule has 0 amide bonds. The van der Waals surface area contributed by atoms with Gasteiger partial charge in [-0.15, -0.1) is 10.2 Å². The van der Waals surface area contributed by atoms with Crippen LogP contribution in [-0.2, 0) is 24.1 Å². The molecule has 0 saturated heterocycles. The van der Waals surface area contributed by atoms with Crippen molar-refractivity contribution < 1.29 is 14.3 Å². The molecule has 0 radical (unpaired) electrons. The predicted molar refractivity (Wildman–Crippen MR) is 73.5 cm³/mol. The molecule has 20 heavy (non-hydrogen) atoms. The number of carboxylic acids is 1. The minimum absolute atomic E-state index is 0.126. The maximum absolute atomic E-state index is 10.4. The van der Waals surface area contributed by atoms with Crippen LogP contribution in [-0.4, -0.2) is 21.3 Å². The van der Waals surface area contributed by atoms with E-state index in [9.17, 15) is 4.79 Å². The van der Waals surface area contributed by atoms with Crippen molar-refractivity contribution in [2.24, 2.45) is 0 Å². The molecule has 0 aliphatic carbocycles. The van der Waals surface area contributed by atoms with Crippen LogP contribution >= 0.6 is 0 Å². The lowest BCUT2D eigenvalue weighted by Crippen LogP contribution is -1.95. The van der Waals surface area contributed by atoms with Gasteiger partial charge in [0.2, 0.25) is 11.8 Å². The summed E-state index contributed by atoms with van der Waals surface area (Å²) < 4.78 is 5.50. The van der Waals surface area contributed by atoms with Crippen molar-refractivity contribution in [1.29, 1.82) is 0 Å². The Bertz CT molecular complexity index is 561. The molecule has 0 aliphatic rings. The lowest BCUT2D eigenvalue weighted by Gasteiger charge is -1.99. The fraction of sp³-hybridized carbons (Fsp3) is 0.400. The van der Waals surface area contributed by atoms with Crippen molar-refractivity contribution in [2.75, 3.05) is 0 Å². The Kier molecular flexibility index (Phi) is 4.87. The summed E-state index contributed by atoms with van der Waals surface area (Å²) in [6.45, 7) is 2.06. The molecule has 1 heterocycles. The highest BCUT2D eigenvalue weighted by Crippen LogP contribution is 2.09. The van der Waals surface area contributed by atoms with E-state index < -0.39 is 5.97 Å². The molecule has 2 aromatic rings. The average molecular weight is 274 g/mol. The minimum atomic E-state index is -0.802. The Morgan fingerprint density at radius 3 is 2.40 bits per heavy atom. The summed E-state index contributed by atoms with van der Waals surface area (Å²) in [5, 5.41) is 16.5. The Labute approximate surface area is 117 Å². The first kappa shape index (κ1) is 14.2. The van der Waals surface area contributed by atoms with Crippen LogP contribution in [0.4, 0.5) is 0 Å². The normalized spacial score (nSPS) is 10.7. The van der Waals surface area contributed by atoms with Gasteiger partial charge in [0, 0.05) is 19.3 Å². The first-order valence-electron chi connectivity index (χ1n) is 6.72. The van der Waals surface area contributed by atoms with Gasteiger partial charge >= 0.3 is 5.97 Å². The fourth-order valence-corrected chi connectivity index (χ4v) is 1.89. The molecule has 2 rings (SSSR count). The minimum Gasteiger partial charge on any atom is -0.481 e. The standard InChI is InChI=1S/C15H18N2O3/c1-11-5-7-12(8-6-11)9-10-14-17-16-13(20-14)3-2-4-15(18)19/h5-8H,2-4,9-10H2,1H3,(H,18,19). The smallest absolute Gasteiger partial charge is 0.303 e. The molecule has 1 aromatic carbocycles. The Balaban J connectivity index is 1.80. The molecule has 0 fully saturated rings. The van der Waals surface area contributed by atoms with E-state index in [4.69, 9.17) is 9.52 Å². The summed E-state index contributed by atoms with van der Waals surface area (Å²) >= 11 is 0. The number of carbonyl (C=O) groups is 1. The van der Waals surface area contributed by atoms with Crippen molar-refractivity contribution in [3.8, 4) is 0 Å². The van der Waals surface area contributed by atoms with Crippen molar-refractivity contribution in [3.05, 3.63) is 47.2 Å². The largest absolute Gasteiger partial charge is 0.481 e. The van der Waals surface area contributed by atoms with Crippen LogP contribution in [0.3, 0.4) is 0 Å². The number of carboxylic acid groups (broad SMARTS) is 1. The van der Waals surface area contributed by atoms with E-state index in [1.54, 1.807) is 0 Å². The van der Waals surface area contributed by atoms with Gasteiger partial charge in [-0.3, -0.25) is 4.79 Å². The second kappa shape index (κ2) is 6.84. The number of hydrogen-bond donors (Lipinski definition) is 1. The van der Waals surface area contributed by atoms with E-state index in [0.29, 0.717) is 31.0 Å². The summed E-state index contributed by atoms with van der Waals surface area (Å²) in [6, 6.07) is 8.36. The van der Waals surface area contributed by atoms with Crippen molar-refractivity contribution >= 4 is 5.97 Å². The van der Waals surface area contributed by atoms with Crippen LogP contribution in [0.5, 0.6) is 0 Å². The summed E-state index contributed by atoms with van der Waals surface area (Å²) in [5.41, 5.74) is 2.48. The molecule has 1 aromatic heterocycles. The first-order valence-corrected chi connectivity index (χ1v) is 6.72. The summed E-state index contributed by atoms with van der Waals surface area (Å²) in [6.07, 6.45) is 2.73. The average Bonchev–Trinajstić information content (AvgIpc) is 2.86. The zero-order chi connectivity index (χ0) is 14.4. The van der Waals surface area contributed by atoms with Gasteiger partial charge in [-0.25, -0.2) is 0 Å². The van der Waals surface area contributed by atoms with Gasteiger partial charge in [0.05, 0.1) is 0 Å². The van der Waals surface area contributed by atoms with Crippen LogP contribution in [0.1, 0.15) is 35.7 Å². The van der Waals surface area contributed by atoms with Crippen LogP contribution in [0.15, 0.2) is 28.7 Å². The van der Waals surface area contributed by atoms with E-state index in [1.807, 2.05) is 0 Å². The van der Waals surface area contributed by atoms with Crippen molar-refractivity contribution in [2.45, 2.75) is 39.0 Å². The van der Waals surface area contributed by atoms with Crippen LogP contribution in [0.2, 0.25) is 0 Å². The topological polar surface area (TPSA) is 76.2 Å². The van der Waals surface area contributed by atoms with Gasteiger partial charge in [0.15, 0.2) is 0 Å². The maximum Gasteiger partial charge on any atom is 0.303 e. The number of benzene rings is 1. The molecule has 0 aliphatic heterocycles. The molecule has 0 saturated carbocycles. The number of aryl methyl sites for hydroxylation is 4. The molecular weight excluding hydrogens is 256 g/mol. The third-order valence-electron chi connectivity index (χ3n) is 3.04. The number of rotatable bonds is 7. The third kappa shape index (κ3) is 4.50. The van der Waals surface area contributed by atoms with Crippen LogP contribution in [0, 0.1) is 6.92 Å². The SMILES string of the molecule is Cc1ccc(CCc2nnc(CCCC(=O)O)o2)cc1. The van der Waals surface area contributed by atoms with Crippen molar-refractivity contribution in [1.82, 2.24) is 10.2 Å². The summed E-state index contributed by atoms with van der Waals surface area (Å²) in [5.74, 6) is 0.324. The molecule has 5 heteroatoms. The lowest BCUT2D eigenvalue weighted by molar-refractivity contribution is -0.137. The molecule has 0 spiro atoms.